The van der Waals surface area contributed by atoms with Crippen LogP contribution < -0.4 is 21.1 Å². The summed E-state index contributed by atoms with van der Waals surface area (Å²) in [7, 11) is 1.52. The quantitative estimate of drug-likeness (QED) is 0.672. The topological polar surface area (TPSA) is 76.4 Å². The van der Waals surface area contributed by atoms with Gasteiger partial charge in [0.1, 0.15) is 5.75 Å². The summed E-state index contributed by atoms with van der Waals surface area (Å²) in [6, 6.07) is 14.7. The molecule has 4 N–H and O–H groups in total. The lowest BCUT2D eigenvalue weighted by atomic mass is 9.90. The van der Waals surface area contributed by atoms with E-state index in [9.17, 15) is 4.79 Å². The van der Waals surface area contributed by atoms with Gasteiger partial charge in [-0.2, -0.15) is 0 Å². The summed E-state index contributed by atoms with van der Waals surface area (Å²) in [5.74, 6) is -0.113. The van der Waals surface area contributed by atoms with E-state index in [-0.39, 0.29) is 0 Å². The average Bonchev–Trinajstić information content (AvgIpc) is 2.69. The van der Waals surface area contributed by atoms with Gasteiger partial charge in [0.2, 0.25) is 0 Å². The molecule has 3 rings (SSSR count). The van der Waals surface area contributed by atoms with Gasteiger partial charge in [-0.05, 0) is 37.3 Å². The highest BCUT2D eigenvalue weighted by atomic mass is 35.5. The maximum atomic E-state index is 11.5. The summed E-state index contributed by atoms with van der Waals surface area (Å²) in [6.07, 6.45) is 4.34. The van der Waals surface area contributed by atoms with Crippen LogP contribution in [0.3, 0.4) is 0 Å². The minimum absolute atomic E-state index is 0.293. The zero-order valence-corrected chi connectivity index (χ0v) is 16.3. The molecule has 2 aromatic rings. The van der Waals surface area contributed by atoms with Crippen molar-refractivity contribution in [2.24, 2.45) is 5.73 Å². The van der Waals surface area contributed by atoms with E-state index < -0.39 is 5.91 Å². The lowest BCUT2D eigenvalue weighted by Gasteiger charge is -2.31. The second-order valence-electron chi connectivity index (χ2n) is 6.96. The predicted molar refractivity (Wildman–Crippen MR) is 109 cm³/mol. The van der Waals surface area contributed by atoms with Gasteiger partial charge in [-0.15, -0.1) is 0 Å². The standard InChI is InChI=1S/C21H26ClN3O2/c1-27-20-12-19(18(22)11-17(20)21(23)26)25-16-9-7-15(8-10-16)24-13-14-5-3-2-4-6-14/h2-6,11-12,15-16,24-25H,7-10,13H2,1H3,(H2,23,26). The Kier molecular flexibility index (Phi) is 6.58. The molecule has 0 atom stereocenters. The summed E-state index contributed by atoms with van der Waals surface area (Å²) in [5, 5.41) is 7.62. The second-order valence-corrected chi connectivity index (χ2v) is 7.36. The molecule has 0 aromatic heterocycles. The zero-order valence-electron chi connectivity index (χ0n) is 15.5. The van der Waals surface area contributed by atoms with Gasteiger partial charge < -0.3 is 21.1 Å². The third kappa shape index (κ3) is 5.15. The summed E-state index contributed by atoms with van der Waals surface area (Å²) >= 11 is 6.33. The number of carbonyl (C=O) groups is 1. The van der Waals surface area contributed by atoms with E-state index in [0.717, 1.165) is 37.9 Å². The lowest BCUT2D eigenvalue weighted by Crippen LogP contribution is -2.36. The van der Waals surface area contributed by atoms with Gasteiger partial charge >= 0.3 is 0 Å². The Morgan fingerprint density at radius 1 is 1.15 bits per heavy atom. The molecule has 1 fully saturated rings. The fraction of sp³-hybridized carbons (Fsp3) is 0.381. The van der Waals surface area contributed by atoms with Crippen LogP contribution in [0.5, 0.6) is 5.75 Å². The number of methoxy groups -OCH3 is 1. The number of primary amides is 1. The van der Waals surface area contributed by atoms with Crippen molar-refractivity contribution in [1.82, 2.24) is 5.32 Å². The van der Waals surface area contributed by atoms with E-state index >= 15 is 0 Å². The van der Waals surface area contributed by atoms with Crippen molar-refractivity contribution in [2.75, 3.05) is 12.4 Å². The molecule has 144 valence electrons. The molecular formula is C21H26ClN3O2. The second kappa shape index (κ2) is 9.11. The van der Waals surface area contributed by atoms with Crippen molar-refractivity contribution >= 4 is 23.2 Å². The van der Waals surface area contributed by atoms with Crippen molar-refractivity contribution in [3.8, 4) is 5.75 Å². The van der Waals surface area contributed by atoms with E-state index in [4.69, 9.17) is 22.1 Å². The Balaban J connectivity index is 1.54. The van der Waals surface area contributed by atoms with Gasteiger partial charge in [0.05, 0.1) is 23.4 Å². The molecule has 1 saturated carbocycles. The van der Waals surface area contributed by atoms with Gasteiger partial charge in [-0.25, -0.2) is 0 Å². The highest BCUT2D eigenvalue weighted by Gasteiger charge is 2.22. The fourth-order valence-electron chi connectivity index (χ4n) is 3.55. The van der Waals surface area contributed by atoms with Crippen LogP contribution >= 0.6 is 11.6 Å². The third-order valence-electron chi connectivity index (χ3n) is 5.08. The molecule has 0 bridgehead atoms. The Morgan fingerprint density at radius 3 is 2.44 bits per heavy atom. The van der Waals surface area contributed by atoms with Crippen molar-refractivity contribution in [3.63, 3.8) is 0 Å². The molecule has 0 radical (unpaired) electrons. The predicted octanol–water partition coefficient (Wildman–Crippen LogP) is 3.96. The van der Waals surface area contributed by atoms with E-state index in [1.165, 1.54) is 12.7 Å². The number of hydrogen-bond acceptors (Lipinski definition) is 4. The molecule has 6 heteroatoms. The van der Waals surface area contributed by atoms with E-state index in [1.54, 1.807) is 12.1 Å². The number of nitrogens with two attached hydrogens (primary N) is 1. The summed E-state index contributed by atoms with van der Waals surface area (Å²) in [5.41, 5.74) is 7.76. The number of hydrogen-bond donors (Lipinski definition) is 3. The number of anilines is 1. The van der Waals surface area contributed by atoms with Gasteiger partial charge in [0, 0.05) is 24.7 Å². The van der Waals surface area contributed by atoms with E-state index in [1.807, 2.05) is 6.07 Å². The Hall–Kier alpha value is -2.24. The molecule has 0 saturated heterocycles. The molecule has 5 nitrogen and oxygen atoms in total. The molecule has 0 spiro atoms. The maximum absolute atomic E-state index is 11.5. The molecular weight excluding hydrogens is 362 g/mol. The van der Waals surface area contributed by atoms with Crippen molar-refractivity contribution in [2.45, 2.75) is 44.3 Å². The average molecular weight is 388 g/mol. The fourth-order valence-corrected chi connectivity index (χ4v) is 3.76. The first-order valence-corrected chi connectivity index (χ1v) is 9.65. The number of carbonyl (C=O) groups excluding carboxylic acids is 1. The molecule has 0 unspecified atom stereocenters. The molecule has 0 heterocycles. The van der Waals surface area contributed by atoms with Crippen LogP contribution in [0.1, 0.15) is 41.6 Å². The highest BCUT2D eigenvalue weighted by molar-refractivity contribution is 6.33. The Bertz CT molecular complexity index is 774. The van der Waals surface area contributed by atoms with E-state index in [2.05, 4.69) is 34.9 Å². The number of ether oxygens (including phenoxy) is 1. The molecule has 1 aliphatic carbocycles. The van der Waals surface area contributed by atoms with Crippen LogP contribution in [0.15, 0.2) is 42.5 Å². The monoisotopic (exact) mass is 387 g/mol. The number of nitrogens with one attached hydrogen (secondary N) is 2. The van der Waals surface area contributed by atoms with Crippen LogP contribution in [-0.4, -0.2) is 25.1 Å². The van der Waals surface area contributed by atoms with Crippen LogP contribution in [0.25, 0.3) is 0 Å². The first-order chi connectivity index (χ1) is 13.1. The third-order valence-corrected chi connectivity index (χ3v) is 5.39. The minimum atomic E-state index is -0.551. The zero-order chi connectivity index (χ0) is 19.2. The van der Waals surface area contributed by atoms with Crippen molar-refractivity contribution in [1.29, 1.82) is 0 Å². The van der Waals surface area contributed by atoms with Crippen LogP contribution in [0, 0.1) is 0 Å². The number of rotatable bonds is 7. The molecule has 1 amide bonds. The largest absolute Gasteiger partial charge is 0.496 e. The number of amides is 1. The maximum Gasteiger partial charge on any atom is 0.252 e. The molecule has 0 aliphatic heterocycles. The van der Waals surface area contributed by atoms with Gasteiger partial charge in [-0.3, -0.25) is 4.79 Å². The summed E-state index contributed by atoms with van der Waals surface area (Å²) in [6.45, 7) is 0.904. The van der Waals surface area contributed by atoms with Crippen LogP contribution in [0.4, 0.5) is 5.69 Å². The van der Waals surface area contributed by atoms with Gasteiger partial charge in [-0.1, -0.05) is 41.9 Å². The summed E-state index contributed by atoms with van der Waals surface area (Å²) in [4.78, 5) is 11.5. The minimum Gasteiger partial charge on any atom is -0.496 e. The van der Waals surface area contributed by atoms with Gasteiger partial charge in [0.15, 0.2) is 0 Å². The Morgan fingerprint density at radius 2 is 1.81 bits per heavy atom. The molecule has 2 aromatic carbocycles. The SMILES string of the molecule is COc1cc(NC2CCC(NCc3ccccc3)CC2)c(Cl)cc1C(N)=O. The first kappa shape index (κ1) is 19.5. The van der Waals surface area contributed by atoms with Crippen LogP contribution in [0.2, 0.25) is 5.02 Å². The first-order valence-electron chi connectivity index (χ1n) is 9.28. The van der Waals surface area contributed by atoms with Crippen molar-refractivity contribution < 1.29 is 9.53 Å². The van der Waals surface area contributed by atoms with E-state index in [0.29, 0.717) is 28.4 Å². The summed E-state index contributed by atoms with van der Waals surface area (Å²) < 4.78 is 5.27. The molecule has 27 heavy (non-hydrogen) atoms. The lowest BCUT2D eigenvalue weighted by molar-refractivity contribution is 0.0997. The Labute approximate surface area is 165 Å². The van der Waals surface area contributed by atoms with Crippen molar-refractivity contribution in [3.05, 3.63) is 58.6 Å². The molecule has 1 aliphatic rings. The number of benzene rings is 2. The normalized spacial score (nSPS) is 19.5. The highest BCUT2D eigenvalue weighted by Crippen LogP contribution is 2.33. The number of halogens is 1. The van der Waals surface area contributed by atoms with Gasteiger partial charge in [0.25, 0.3) is 5.91 Å². The van der Waals surface area contributed by atoms with Crippen LogP contribution in [-0.2, 0) is 6.54 Å². The smallest absolute Gasteiger partial charge is 0.252 e.